The minimum atomic E-state index is -0.196. The number of piperazine rings is 1. The third-order valence-electron chi connectivity index (χ3n) is 4.50. The summed E-state index contributed by atoms with van der Waals surface area (Å²) >= 11 is 0. The van der Waals surface area contributed by atoms with Gasteiger partial charge in [0.2, 0.25) is 5.91 Å². The van der Waals surface area contributed by atoms with E-state index in [0.29, 0.717) is 38.3 Å². The second-order valence-electron chi connectivity index (χ2n) is 6.01. The van der Waals surface area contributed by atoms with Crippen molar-refractivity contribution in [1.82, 2.24) is 4.90 Å². The van der Waals surface area contributed by atoms with Crippen LogP contribution in [0.1, 0.15) is 25.7 Å². The van der Waals surface area contributed by atoms with Crippen molar-refractivity contribution < 1.29 is 13.9 Å². The monoisotopic (exact) mass is 306 g/mol. The highest BCUT2D eigenvalue weighted by Crippen LogP contribution is 2.21. The molecule has 22 heavy (non-hydrogen) atoms. The van der Waals surface area contributed by atoms with Crippen LogP contribution in [-0.2, 0) is 9.53 Å². The molecule has 0 aliphatic carbocycles. The molecule has 1 amide bonds. The van der Waals surface area contributed by atoms with Gasteiger partial charge in [-0.05, 0) is 31.4 Å². The second kappa shape index (κ2) is 7.09. The zero-order valence-electron chi connectivity index (χ0n) is 12.8. The van der Waals surface area contributed by atoms with Crippen LogP contribution in [0.3, 0.4) is 0 Å². The van der Waals surface area contributed by atoms with Gasteiger partial charge in [0.15, 0.2) is 0 Å². The number of para-hydroxylation sites is 1. The Morgan fingerprint density at radius 1 is 1.18 bits per heavy atom. The second-order valence-corrected chi connectivity index (χ2v) is 6.01. The van der Waals surface area contributed by atoms with Gasteiger partial charge in [-0.25, -0.2) is 4.39 Å². The predicted molar refractivity (Wildman–Crippen MR) is 83.4 cm³/mol. The van der Waals surface area contributed by atoms with E-state index in [1.807, 2.05) is 15.9 Å². The summed E-state index contributed by atoms with van der Waals surface area (Å²) in [4.78, 5) is 16.2. The predicted octanol–water partition coefficient (Wildman–Crippen LogP) is 2.43. The molecule has 0 saturated carbocycles. The maximum atomic E-state index is 13.8. The molecule has 1 unspecified atom stereocenters. The lowest BCUT2D eigenvalue weighted by Gasteiger charge is -2.37. The maximum absolute atomic E-state index is 13.8. The molecule has 2 fully saturated rings. The fourth-order valence-electron chi connectivity index (χ4n) is 3.20. The number of hydrogen-bond donors (Lipinski definition) is 0. The Bertz CT molecular complexity index is 509. The number of carbonyl (C=O) groups excluding carboxylic acids is 1. The molecule has 2 heterocycles. The molecule has 5 heteroatoms. The molecule has 4 nitrogen and oxygen atoms in total. The number of ether oxygens (including phenoxy) is 1. The first-order chi connectivity index (χ1) is 10.7. The number of rotatable bonds is 3. The summed E-state index contributed by atoms with van der Waals surface area (Å²) in [7, 11) is 0. The van der Waals surface area contributed by atoms with E-state index in [9.17, 15) is 9.18 Å². The average molecular weight is 306 g/mol. The average Bonchev–Trinajstić information content (AvgIpc) is 2.56. The summed E-state index contributed by atoms with van der Waals surface area (Å²) in [5, 5.41) is 0. The summed E-state index contributed by atoms with van der Waals surface area (Å²) in [6, 6.07) is 6.81. The molecule has 3 rings (SSSR count). The Kier molecular flexibility index (Phi) is 4.93. The summed E-state index contributed by atoms with van der Waals surface area (Å²) in [6.07, 6.45) is 3.82. The van der Waals surface area contributed by atoms with Gasteiger partial charge >= 0.3 is 0 Å². The summed E-state index contributed by atoms with van der Waals surface area (Å²) in [5.41, 5.74) is 0.630. The zero-order valence-corrected chi connectivity index (χ0v) is 12.8. The van der Waals surface area contributed by atoms with Crippen molar-refractivity contribution in [1.29, 1.82) is 0 Å². The minimum Gasteiger partial charge on any atom is -0.378 e. The smallest absolute Gasteiger partial charge is 0.225 e. The van der Waals surface area contributed by atoms with Gasteiger partial charge in [-0.1, -0.05) is 12.1 Å². The van der Waals surface area contributed by atoms with Gasteiger partial charge in [0, 0.05) is 32.8 Å². The van der Waals surface area contributed by atoms with Gasteiger partial charge in [0.05, 0.1) is 18.2 Å². The number of anilines is 1. The molecule has 0 N–H and O–H groups in total. The van der Waals surface area contributed by atoms with Crippen LogP contribution >= 0.6 is 0 Å². The lowest BCUT2D eigenvalue weighted by Crippen LogP contribution is -2.49. The quantitative estimate of drug-likeness (QED) is 0.860. The van der Waals surface area contributed by atoms with Crippen LogP contribution in [0.2, 0.25) is 0 Å². The van der Waals surface area contributed by atoms with Crippen LogP contribution in [0.15, 0.2) is 24.3 Å². The first kappa shape index (κ1) is 15.3. The number of carbonyl (C=O) groups is 1. The van der Waals surface area contributed by atoms with E-state index in [-0.39, 0.29) is 17.8 Å². The first-order valence-electron chi connectivity index (χ1n) is 8.13. The van der Waals surface area contributed by atoms with Crippen molar-refractivity contribution in [2.75, 3.05) is 37.7 Å². The van der Waals surface area contributed by atoms with E-state index in [1.165, 1.54) is 6.07 Å². The van der Waals surface area contributed by atoms with Gasteiger partial charge in [-0.3, -0.25) is 4.79 Å². The van der Waals surface area contributed by atoms with Gasteiger partial charge < -0.3 is 14.5 Å². The molecule has 2 aliphatic rings. The molecule has 0 aromatic heterocycles. The third-order valence-corrected chi connectivity index (χ3v) is 4.50. The first-order valence-corrected chi connectivity index (χ1v) is 8.13. The molecule has 2 aliphatic heterocycles. The fourth-order valence-corrected chi connectivity index (χ4v) is 3.20. The van der Waals surface area contributed by atoms with Gasteiger partial charge in [0.25, 0.3) is 0 Å². The highest BCUT2D eigenvalue weighted by molar-refractivity contribution is 5.77. The Morgan fingerprint density at radius 2 is 1.95 bits per heavy atom. The zero-order chi connectivity index (χ0) is 15.4. The molecule has 120 valence electrons. The maximum Gasteiger partial charge on any atom is 0.225 e. The summed E-state index contributed by atoms with van der Waals surface area (Å²) in [6.45, 7) is 3.44. The van der Waals surface area contributed by atoms with E-state index in [2.05, 4.69) is 0 Å². The summed E-state index contributed by atoms with van der Waals surface area (Å²) < 4.78 is 19.4. The van der Waals surface area contributed by atoms with E-state index in [1.54, 1.807) is 12.1 Å². The van der Waals surface area contributed by atoms with E-state index in [4.69, 9.17) is 4.74 Å². The van der Waals surface area contributed by atoms with Crippen molar-refractivity contribution in [3.8, 4) is 0 Å². The number of halogens is 1. The van der Waals surface area contributed by atoms with Crippen LogP contribution in [0.25, 0.3) is 0 Å². The van der Waals surface area contributed by atoms with E-state index < -0.39 is 0 Å². The number of benzene rings is 1. The normalized spacial score (nSPS) is 22.7. The molecule has 0 bridgehead atoms. The standard InChI is InChI=1S/C17H23FN2O2/c18-15-6-1-2-7-16(15)19-8-10-20(11-9-19)17(21)13-14-5-3-4-12-22-14/h1-2,6-7,14H,3-5,8-13H2. The molecular formula is C17H23FN2O2. The Labute approximate surface area is 130 Å². The van der Waals surface area contributed by atoms with Crippen molar-refractivity contribution >= 4 is 11.6 Å². The number of amides is 1. The molecule has 0 spiro atoms. The van der Waals surface area contributed by atoms with Crippen LogP contribution in [0.5, 0.6) is 0 Å². The van der Waals surface area contributed by atoms with Gasteiger partial charge in [-0.2, -0.15) is 0 Å². The van der Waals surface area contributed by atoms with Crippen LogP contribution < -0.4 is 4.90 Å². The largest absolute Gasteiger partial charge is 0.378 e. The highest BCUT2D eigenvalue weighted by Gasteiger charge is 2.25. The highest BCUT2D eigenvalue weighted by atomic mass is 19.1. The van der Waals surface area contributed by atoms with Crippen molar-refractivity contribution in [3.05, 3.63) is 30.1 Å². The Hall–Kier alpha value is -1.62. The molecule has 1 atom stereocenters. The SMILES string of the molecule is O=C(CC1CCCCO1)N1CCN(c2ccccc2F)CC1. The molecular weight excluding hydrogens is 283 g/mol. The van der Waals surface area contributed by atoms with E-state index in [0.717, 1.165) is 25.9 Å². The molecule has 1 aromatic rings. The van der Waals surface area contributed by atoms with Crippen molar-refractivity contribution in [2.24, 2.45) is 0 Å². The fraction of sp³-hybridized carbons (Fsp3) is 0.588. The van der Waals surface area contributed by atoms with Crippen molar-refractivity contribution in [2.45, 2.75) is 31.8 Å². The third kappa shape index (κ3) is 3.58. The van der Waals surface area contributed by atoms with Crippen LogP contribution in [0.4, 0.5) is 10.1 Å². The molecule has 1 aromatic carbocycles. The summed E-state index contributed by atoms with van der Waals surface area (Å²) in [5.74, 6) is -0.0297. The Balaban J connectivity index is 1.51. The molecule has 0 radical (unpaired) electrons. The Morgan fingerprint density at radius 3 is 2.64 bits per heavy atom. The number of nitrogens with zero attached hydrogens (tertiary/aromatic N) is 2. The minimum absolute atomic E-state index is 0.0887. The van der Waals surface area contributed by atoms with Crippen LogP contribution in [-0.4, -0.2) is 49.7 Å². The van der Waals surface area contributed by atoms with E-state index >= 15 is 0 Å². The van der Waals surface area contributed by atoms with Crippen molar-refractivity contribution in [3.63, 3.8) is 0 Å². The van der Waals surface area contributed by atoms with Crippen LogP contribution in [0, 0.1) is 5.82 Å². The lowest BCUT2D eigenvalue weighted by atomic mass is 10.1. The lowest BCUT2D eigenvalue weighted by molar-refractivity contribution is -0.135. The van der Waals surface area contributed by atoms with Gasteiger partial charge in [0.1, 0.15) is 5.82 Å². The van der Waals surface area contributed by atoms with Gasteiger partial charge in [-0.15, -0.1) is 0 Å². The topological polar surface area (TPSA) is 32.8 Å². The molecule has 2 saturated heterocycles. The number of hydrogen-bond acceptors (Lipinski definition) is 3.